The summed E-state index contributed by atoms with van der Waals surface area (Å²) in [4.78, 5) is 45.8. The van der Waals surface area contributed by atoms with Gasteiger partial charge in [-0.15, -0.1) is 0 Å². The van der Waals surface area contributed by atoms with Crippen molar-refractivity contribution >= 4 is 23.8 Å². The van der Waals surface area contributed by atoms with E-state index in [2.05, 4.69) is 10.6 Å². The molecule has 0 radical (unpaired) electrons. The summed E-state index contributed by atoms with van der Waals surface area (Å²) in [6, 6.07) is 6.14. The van der Waals surface area contributed by atoms with Crippen LogP contribution in [0.2, 0.25) is 0 Å². The first-order valence-electron chi connectivity index (χ1n) is 7.41. The second kappa shape index (κ2) is 9.29. The van der Waals surface area contributed by atoms with Gasteiger partial charge in [-0.25, -0.2) is 4.79 Å². The molecule has 1 rings (SSSR count). The molecule has 0 unspecified atom stereocenters. The molecular weight excluding hydrogens is 316 g/mol. The number of hydrogen-bond acceptors (Lipinski definition) is 4. The summed E-state index contributed by atoms with van der Waals surface area (Å²) < 4.78 is 0. The lowest BCUT2D eigenvalue weighted by Crippen LogP contribution is -2.52. The van der Waals surface area contributed by atoms with Crippen LogP contribution in [-0.2, 0) is 25.6 Å². The summed E-state index contributed by atoms with van der Waals surface area (Å²) >= 11 is 0. The fourth-order valence-electron chi connectivity index (χ4n) is 2.00. The van der Waals surface area contributed by atoms with Gasteiger partial charge in [-0.3, -0.25) is 14.4 Å². The molecule has 0 aliphatic heterocycles. The summed E-state index contributed by atoms with van der Waals surface area (Å²) in [5.74, 6) is -3.86. The molecule has 0 aliphatic rings. The summed E-state index contributed by atoms with van der Waals surface area (Å²) in [6.07, 6.45) is -0.506. The Morgan fingerprint density at radius 3 is 2.12 bits per heavy atom. The smallest absolute Gasteiger partial charge is 0.326 e. The van der Waals surface area contributed by atoms with Crippen molar-refractivity contribution in [2.24, 2.45) is 0 Å². The van der Waals surface area contributed by atoms with E-state index in [1.54, 1.807) is 37.3 Å². The van der Waals surface area contributed by atoms with Crippen molar-refractivity contribution in [1.82, 2.24) is 10.6 Å². The number of carboxylic acids is 2. The maximum absolute atomic E-state index is 12.2. The van der Waals surface area contributed by atoms with Crippen LogP contribution in [0.15, 0.2) is 30.3 Å². The Kier molecular flexibility index (Phi) is 7.41. The monoisotopic (exact) mass is 336 g/mol. The Bertz CT molecular complexity index is 602. The number of nitrogens with one attached hydrogen (secondary N) is 2. The van der Waals surface area contributed by atoms with E-state index in [1.165, 1.54) is 0 Å². The van der Waals surface area contributed by atoms with Gasteiger partial charge in [0, 0.05) is 12.8 Å². The summed E-state index contributed by atoms with van der Waals surface area (Å²) in [5, 5.41) is 22.7. The maximum atomic E-state index is 12.2. The fourth-order valence-corrected chi connectivity index (χ4v) is 2.00. The van der Waals surface area contributed by atoms with E-state index >= 15 is 0 Å². The minimum Gasteiger partial charge on any atom is -0.481 e. The van der Waals surface area contributed by atoms with Crippen molar-refractivity contribution in [1.29, 1.82) is 0 Å². The Labute approximate surface area is 138 Å². The van der Waals surface area contributed by atoms with Crippen LogP contribution < -0.4 is 10.6 Å². The number of benzene rings is 1. The molecule has 8 heteroatoms. The standard InChI is InChI=1S/C16H20N2O6/c1-2-13(19)17-11(9-14(20)21)15(22)18-12(16(23)24)8-10-6-4-3-5-7-10/h3-7,11-12H,2,8-9H2,1H3,(H,17,19)(H,18,22)(H,20,21)(H,23,24)/t11-,12-/m0/s1. The van der Waals surface area contributed by atoms with Crippen LogP contribution in [0.1, 0.15) is 25.3 Å². The van der Waals surface area contributed by atoms with E-state index in [9.17, 15) is 24.3 Å². The highest BCUT2D eigenvalue weighted by atomic mass is 16.4. The van der Waals surface area contributed by atoms with Crippen LogP contribution in [0.5, 0.6) is 0 Å². The van der Waals surface area contributed by atoms with Crippen molar-refractivity contribution in [3.8, 4) is 0 Å². The topological polar surface area (TPSA) is 133 Å². The molecular formula is C16H20N2O6. The van der Waals surface area contributed by atoms with Gasteiger partial charge in [-0.1, -0.05) is 37.3 Å². The van der Waals surface area contributed by atoms with Gasteiger partial charge in [-0.05, 0) is 5.56 Å². The molecule has 0 heterocycles. The van der Waals surface area contributed by atoms with E-state index in [1.807, 2.05) is 0 Å². The summed E-state index contributed by atoms with van der Waals surface area (Å²) in [6.45, 7) is 1.56. The molecule has 0 saturated heterocycles. The molecule has 4 N–H and O–H groups in total. The molecule has 130 valence electrons. The van der Waals surface area contributed by atoms with Gasteiger partial charge in [0.05, 0.1) is 6.42 Å². The van der Waals surface area contributed by atoms with Crippen molar-refractivity contribution in [2.45, 2.75) is 38.3 Å². The quantitative estimate of drug-likeness (QED) is 0.508. The highest BCUT2D eigenvalue weighted by Gasteiger charge is 2.28. The van der Waals surface area contributed by atoms with E-state index in [0.29, 0.717) is 5.56 Å². The number of carbonyl (C=O) groups excluding carboxylic acids is 2. The fraction of sp³-hybridized carbons (Fsp3) is 0.375. The third-order valence-corrected chi connectivity index (χ3v) is 3.25. The van der Waals surface area contributed by atoms with Gasteiger partial charge in [0.2, 0.25) is 11.8 Å². The van der Waals surface area contributed by atoms with E-state index < -0.39 is 42.3 Å². The number of carboxylic acid groups (broad SMARTS) is 2. The molecule has 0 spiro atoms. The van der Waals surface area contributed by atoms with Gasteiger partial charge >= 0.3 is 11.9 Å². The number of rotatable bonds is 9. The van der Waals surface area contributed by atoms with Crippen LogP contribution in [0.4, 0.5) is 0 Å². The normalized spacial score (nSPS) is 12.7. The molecule has 0 aromatic heterocycles. The Balaban J connectivity index is 2.81. The highest BCUT2D eigenvalue weighted by Crippen LogP contribution is 2.05. The predicted molar refractivity (Wildman–Crippen MR) is 84.2 cm³/mol. The molecule has 0 fully saturated rings. The largest absolute Gasteiger partial charge is 0.481 e. The molecule has 0 aliphatic carbocycles. The number of amides is 2. The number of carbonyl (C=O) groups is 4. The van der Waals surface area contributed by atoms with E-state index in [0.717, 1.165) is 0 Å². The molecule has 0 bridgehead atoms. The molecule has 24 heavy (non-hydrogen) atoms. The van der Waals surface area contributed by atoms with Crippen molar-refractivity contribution in [2.75, 3.05) is 0 Å². The molecule has 1 aromatic rings. The average molecular weight is 336 g/mol. The summed E-state index contributed by atoms with van der Waals surface area (Å²) in [5.41, 5.74) is 0.706. The van der Waals surface area contributed by atoms with Crippen LogP contribution in [0.25, 0.3) is 0 Å². The van der Waals surface area contributed by atoms with Gasteiger partial charge < -0.3 is 20.8 Å². The molecule has 2 atom stereocenters. The first-order valence-corrected chi connectivity index (χ1v) is 7.41. The third-order valence-electron chi connectivity index (χ3n) is 3.25. The Morgan fingerprint density at radius 2 is 1.62 bits per heavy atom. The molecule has 2 amide bonds. The van der Waals surface area contributed by atoms with Crippen LogP contribution in [0.3, 0.4) is 0 Å². The van der Waals surface area contributed by atoms with Gasteiger partial charge in [-0.2, -0.15) is 0 Å². The number of aliphatic carboxylic acids is 2. The SMILES string of the molecule is CCC(=O)N[C@@H](CC(=O)O)C(=O)N[C@@H](Cc1ccccc1)C(=O)O. The van der Waals surface area contributed by atoms with Gasteiger partial charge in [0.1, 0.15) is 12.1 Å². The Hall–Kier alpha value is -2.90. The lowest BCUT2D eigenvalue weighted by atomic mass is 10.1. The predicted octanol–water partition coefficient (Wildman–Crippen LogP) is 0.168. The van der Waals surface area contributed by atoms with E-state index in [4.69, 9.17) is 5.11 Å². The average Bonchev–Trinajstić information content (AvgIpc) is 2.53. The van der Waals surface area contributed by atoms with Crippen molar-refractivity contribution < 1.29 is 29.4 Å². The second-order valence-electron chi connectivity index (χ2n) is 5.16. The van der Waals surface area contributed by atoms with Crippen molar-refractivity contribution in [3.05, 3.63) is 35.9 Å². The first-order chi connectivity index (χ1) is 11.3. The van der Waals surface area contributed by atoms with Gasteiger partial charge in [0.15, 0.2) is 0 Å². The highest BCUT2D eigenvalue weighted by molar-refractivity contribution is 5.92. The number of hydrogen-bond donors (Lipinski definition) is 4. The molecule has 8 nitrogen and oxygen atoms in total. The minimum atomic E-state index is -1.33. The second-order valence-corrected chi connectivity index (χ2v) is 5.16. The zero-order valence-electron chi connectivity index (χ0n) is 13.2. The molecule has 1 aromatic carbocycles. The van der Waals surface area contributed by atoms with Crippen molar-refractivity contribution in [3.63, 3.8) is 0 Å². The van der Waals surface area contributed by atoms with Gasteiger partial charge in [0.25, 0.3) is 0 Å². The zero-order valence-corrected chi connectivity index (χ0v) is 13.2. The lowest BCUT2D eigenvalue weighted by molar-refractivity contribution is -0.143. The molecule has 0 saturated carbocycles. The zero-order chi connectivity index (χ0) is 18.1. The van der Waals surface area contributed by atoms with Crippen LogP contribution in [0, 0.1) is 0 Å². The summed E-state index contributed by atoms with van der Waals surface area (Å²) in [7, 11) is 0. The van der Waals surface area contributed by atoms with Crippen LogP contribution >= 0.6 is 0 Å². The maximum Gasteiger partial charge on any atom is 0.326 e. The Morgan fingerprint density at radius 1 is 1.00 bits per heavy atom. The lowest BCUT2D eigenvalue weighted by Gasteiger charge is -2.20. The minimum absolute atomic E-state index is 0.0451. The van der Waals surface area contributed by atoms with Crippen LogP contribution in [-0.4, -0.2) is 46.0 Å². The third kappa shape index (κ3) is 6.47. The first kappa shape index (κ1) is 19.1. The van der Waals surface area contributed by atoms with E-state index in [-0.39, 0.29) is 12.8 Å².